The molecule has 1 heterocycles. The van der Waals surface area contributed by atoms with E-state index in [0.717, 1.165) is 13.2 Å². The topological polar surface area (TPSA) is 9.23 Å². The number of benzene rings is 2. The first-order chi connectivity index (χ1) is 9.84. The van der Waals surface area contributed by atoms with Gasteiger partial charge in [-0.2, -0.15) is 0 Å². The second-order valence-corrected chi connectivity index (χ2v) is 5.49. The van der Waals surface area contributed by atoms with Crippen molar-refractivity contribution < 1.29 is 4.74 Å². The smallest absolute Gasteiger partial charge is 0.0532 e. The summed E-state index contributed by atoms with van der Waals surface area (Å²) in [5.41, 5.74) is 3.86. The Morgan fingerprint density at radius 2 is 1.45 bits per heavy atom. The maximum atomic E-state index is 5.60. The van der Waals surface area contributed by atoms with E-state index >= 15 is 0 Å². The molecule has 0 radical (unpaired) electrons. The van der Waals surface area contributed by atoms with Gasteiger partial charge in [0.25, 0.3) is 0 Å². The van der Waals surface area contributed by atoms with Gasteiger partial charge in [-0.05, 0) is 22.6 Å². The molecule has 2 aromatic carbocycles. The van der Waals surface area contributed by atoms with Gasteiger partial charge in [-0.25, -0.2) is 0 Å². The highest BCUT2D eigenvalue weighted by Crippen LogP contribution is 2.29. The third-order valence-electron chi connectivity index (χ3n) is 3.97. The number of rotatable bonds is 3. The van der Waals surface area contributed by atoms with Crippen molar-refractivity contribution in [1.82, 2.24) is 0 Å². The number of ether oxygens (including phenoxy) is 1. The first-order valence-corrected chi connectivity index (χ1v) is 7.25. The summed E-state index contributed by atoms with van der Waals surface area (Å²) in [5.74, 6) is 1.10. The van der Waals surface area contributed by atoms with Gasteiger partial charge in [-0.3, -0.25) is 0 Å². The highest BCUT2D eigenvalue weighted by atomic mass is 16.5. The molecule has 0 amide bonds. The molecule has 1 nitrogen and oxygen atoms in total. The summed E-state index contributed by atoms with van der Waals surface area (Å²) < 4.78 is 5.60. The molecule has 0 aromatic heterocycles. The molecule has 20 heavy (non-hydrogen) atoms. The molecule has 0 spiro atoms. The standard InChI is InChI=1S/C19H20O/c1-15-13-20-14-18(15)12-19(16-8-4-2-5-9-16)17-10-6-3-7-11-17/h2-12,15,18H,13-14H2,1H3. The highest BCUT2D eigenvalue weighted by Gasteiger charge is 2.23. The van der Waals surface area contributed by atoms with Crippen molar-refractivity contribution in [2.45, 2.75) is 6.92 Å². The van der Waals surface area contributed by atoms with Gasteiger partial charge in [0.1, 0.15) is 0 Å². The van der Waals surface area contributed by atoms with Crippen LogP contribution in [-0.2, 0) is 4.74 Å². The van der Waals surface area contributed by atoms with E-state index in [2.05, 4.69) is 73.7 Å². The predicted molar refractivity (Wildman–Crippen MR) is 83.4 cm³/mol. The van der Waals surface area contributed by atoms with Crippen LogP contribution in [-0.4, -0.2) is 13.2 Å². The summed E-state index contributed by atoms with van der Waals surface area (Å²) in [4.78, 5) is 0. The molecule has 0 aliphatic carbocycles. The van der Waals surface area contributed by atoms with Crippen LogP contribution < -0.4 is 0 Å². The Kier molecular flexibility index (Phi) is 3.98. The summed E-state index contributed by atoms with van der Waals surface area (Å²) in [6, 6.07) is 21.2. The average molecular weight is 264 g/mol. The van der Waals surface area contributed by atoms with Gasteiger partial charge in [0.15, 0.2) is 0 Å². The van der Waals surface area contributed by atoms with E-state index in [-0.39, 0.29) is 0 Å². The third kappa shape index (κ3) is 2.83. The Bertz CT molecular complexity index is 530. The second-order valence-electron chi connectivity index (χ2n) is 5.49. The van der Waals surface area contributed by atoms with Crippen LogP contribution in [0.15, 0.2) is 66.7 Å². The molecular formula is C19H20O. The number of hydrogen-bond donors (Lipinski definition) is 0. The monoisotopic (exact) mass is 264 g/mol. The maximum Gasteiger partial charge on any atom is 0.0532 e. The van der Waals surface area contributed by atoms with E-state index in [1.807, 2.05) is 0 Å². The lowest BCUT2D eigenvalue weighted by Crippen LogP contribution is -2.06. The molecule has 3 rings (SSSR count). The summed E-state index contributed by atoms with van der Waals surface area (Å²) >= 11 is 0. The van der Waals surface area contributed by atoms with Crippen molar-refractivity contribution in [2.24, 2.45) is 11.8 Å². The van der Waals surface area contributed by atoms with Crippen LogP contribution in [0.5, 0.6) is 0 Å². The number of hydrogen-bond acceptors (Lipinski definition) is 1. The van der Waals surface area contributed by atoms with Gasteiger partial charge in [-0.1, -0.05) is 73.7 Å². The van der Waals surface area contributed by atoms with Crippen LogP contribution in [0.3, 0.4) is 0 Å². The van der Waals surface area contributed by atoms with Gasteiger partial charge in [0.05, 0.1) is 6.61 Å². The van der Waals surface area contributed by atoms with E-state index in [0.29, 0.717) is 11.8 Å². The van der Waals surface area contributed by atoms with Gasteiger partial charge >= 0.3 is 0 Å². The van der Waals surface area contributed by atoms with Crippen molar-refractivity contribution >= 4 is 5.57 Å². The van der Waals surface area contributed by atoms with Crippen LogP contribution in [0.4, 0.5) is 0 Å². The third-order valence-corrected chi connectivity index (χ3v) is 3.97. The van der Waals surface area contributed by atoms with Gasteiger partial charge in [0, 0.05) is 12.5 Å². The molecule has 2 aromatic rings. The van der Waals surface area contributed by atoms with Crippen LogP contribution in [0.25, 0.3) is 5.57 Å². The Labute approximate surface area is 120 Å². The van der Waals surface area contributed by atoms with Crippen molar-refractivity contribution in [3.8, 4) is 0 Å². The van der Waals surface area contributed by atoms with Crippen LogP contribution in [0.1, 0.15) is 18.1 Å². The Morgan fingerprint density at radius 1 is 0.900 bits per heavy atom. The normalized spacial score (nSPS) is 21.6. The zero-order valence-corrected chi connectivity index (χ0v) is 11.8. The fourth-order valence-corrected chi connectivity index (χ4v) is 2.70. The van der Waals surface area contributed by atoms with Crippen molar-refractivity contribution in [3.05, 3.63) is 77.9 Å². The lowest BCUT2D eigenvalue weighted by molar-refractivity contribution is 0.185. The van der Waals surface area contributed by atoms with E-state index in [9.17, 15) is 0 Å². The first-order valence-electron chi connectivity index (χ1n) is 7.25. The lowest BCUT2D eigenvalue weighted by Gasteiger charge is -2.14. The quantitative estimate of drug-likeness (QED) is 0.798. The van der Waals surface area contributed by atoms with Crippen molar-refractivity contribution in [1.29, 1.82) is 0 Å². The maximum absolute atomic E-state index is 5.60. The predicted octanol–water partition coefficient (Wildman–Crippen LogP) is 4.40. The van der Waals surface area contributed by atoms with E-state index < -0.39 is 0 Å². The summed E-state index contributed by atoms with van der Waals surface area (Å²) in [7, 11) is 0. The molecule has 1 fully saturated rings. The zero-order valence-electron chi connectivity index (χ0n) is 11.8. The minimum Gasteiger partial charge on any atom is -0.381 e. The SMILES string of the molecule is CC1COCC1C=C(c1ccccc1)c1ccccc1. The Balaban J connectivity index is 2.02. The second kappa shape index (κ2) is 6.06. The van der Waals surface area contributed by atoms with Crippen LogP contribution in [0, 0.1) is 11.8 Å². The zero-order chi connectivity index (χ0) is 13.8. The van der Waals surface area contributed by atoms with E-state index in [1.165, 1.54) is 16.7 Å². The largest absolute Gasteiger partial charge is 0.381 e. The molecule has 2 atom stereocenters. The molecule has 1 heteroatoms. The van der Waals surface area contributed by atoms with Gasteiger partial charge in [0.2, 0.25) is 0 Å². The van der Waals surface area contributed by atoms with Crippen molar-refractivity contribution in [2.75, 3.05) is 13.2 Å². The molecule has 1 aliphatic rings. The fourth-order valence-electron chi connectivity index (χ4n) is 2.70. The van der Waals surface area contributed by atoms with Gasteiger partial charge in [-0.15, -0.1) is 0 Å². The Hall–Kier alpha value is -1.86. The summed E-state index contributed by atoms with van der Waals surface area (Å²) in [6.07, 6.45) is 2.39. The molecule has 0 N–H and O–H groups in total. The van der Waals surface area contributed by atoms with E-state index in [1.54, 1.807) is 0 Å². The first kappa shape index (κ1) is 13.1. The summed E-state index contributed by atoms with van der Waals surface area (Å²) in [5, 5.41) is 0. The molecule has 0 bridgehead atoms. The fraction of sp³-hybridized carbons (Fsp3) is 0.263. The van der Waals surface area contributed by atoms with Gasteiger partial charge < -0.3 is 4.74 Å². The highest BCUT2D eigenvalue weighted by molar-refractivity contribution is 5.79. The lowest BCUT2D eigenvalue weighted by atomic mass is 9.90. The molecule has 1 saturated heterocycles. The average Bonchev–Trinajstić information content (AvgIpc) is 2.92. The van der Waals surface area contributed by atoms with Crippen LogP contribution in [0.2, 0.25) is 0 Å². The van der Waals surface area contributed by atoms with E-state index in [4.69, 9.17) is 4.74 Å². The molecular weight excluding hydrogens is 244 g/mol. The summed E-state index contributed by atoms with van der Waals surface area (Å²) in [6.45, 7) is 3.98. The van der Waals surface area contributed by atoms with Crippen LogP contribution >= 0.6 is 0 Å². The minimum absolute atomic E-state index is 0.505. The van der Waals surface area contributed by atoms with Crippen molar-refractivity contribution in [3.63, 3.8) is 0 Å². The molecule has 1 aliphatic heterocycles. The molecule has 0 saturated carbocycles. The molecule has 102 valence electrons. The molecule has 2 unspecified atom stereocenters. The Morgan fingerprint density at radius 3 is 1.90 bits per heavy atom. The minimum atomic E-state index is 0.505.